The largest absolute Gasteiger partial charge is 0.409 e. The highest BCUT2D eigenvalue weighted by Gasteiger charge is 2.10. The number of hydrogen-bond donors (Lipinski definition) is 2. The van der Waals surface area contributed by atoms with E-state index in [2.05, 4.69) is 10.1 Å². The Bertz CT molecular complexity index is 141. The van der Waals surface area contributed by atoms with Crippen LogP contribution in [0.1, 0.15) is 19.3 Å². The van der Waals surface area contributed by atoms with Gasteiger partial charge in [0.05, 0.1) is 6.54 Å². The fourth-order valence-electron chi connectivity index (χ4n) is 1.38. The predicted octanol–water partition coefficient (Wildman–Crippen LogP) is 0.219. The van der Waals surface area contributed by atoms with Crippen molar-refractivity contribution in [3.63, 3.8) is 0 Å². The molecule has 0 aliphatic carbocycles. The zero-order chi connectivity index (χ0) is 8.10. The lowest BCUT2D eigenvalue weighted by atomic mass is 10.1. The number of oxime groups is 1. The zero-order valence-electron chi connectivity index (χ0n) is 6.66. The lowest BCUT2D eigenvalue weighted by Crippen LogP contribution is -2.37. The summed E-state index contributed by atoms with van der Waals surface area (Å²) in [7, 11) is 0. The molecule has 3 N–H and O–H groups in total. The minimum atomic E-state index is 0.312. The van der Waals surface area contributed by atoms with Gasteiger partial charge < -0.3 is 10.9 Å². The van der Waals surface area contributed by atoms with Gasteiger partial charge in [0.25, 0.3) is 0 Å². The second-order valence-corrected chi connectivity index (χ2v) is 2.93. The highest BCUT2D eigenvalue weighted by atomic mass is 16.4. The van der Waals surface area contributed by atoms with Crippen LogP contribution in [0.5, 0.6) is 0 Å². The SMILES string of the molecule is NC(CN1CCCCC1)=NO. The molecule has 0 saturated carbocycles. The summed E-state index contributed by atoms with van der Waals surface area (Å²) >= 11 is 0. The maximum Gasteiger partial charge on any atom is 0.153 e. The Kier molecular flexibility index (Phi) is 3.16. The second kappa shape index (κ2) is 4.18. The summed E-state index contributed by atoms with van der Waals surface area (Å²) in [6, 6.07) is 0. The van der Waals surface area contributed by atoms with Crippen LogP contribution in [-0.4, -0.2) is 35.6 Å². The van der Waals surface area contributed by atoms with Crippen LogP contribution in [-0.2, 0) is 0 Å². The zero-order valence-corrected chi connectivity index (χ0v) is 6.66. The number of amidine groups is 1. The highest BCUT2D eigenvalue weighted by molar-refractivity contribution is 5.81. The number of hydrogen-bond acceptors (Lipinski definition) is 3. The van der Waals surface area contributed by atoms with Crippen molar-refractivity contribution < 1.29 is 5.21 Å². The molecule has 1 heterocycles. The molecule has 64 valence electrons. The van der Waals surface area contributed by atoms with Crippen molar-refractivity contribution in [3.05, 3.63) is 0 Å². The third kappa shape index (κ3) is 2.76. The standard InChI is InChI=1S/C7H15N3O/c8-7(9-11)6-10-4-2-1-3-5-10/h11H,1-6H2,(H2,8,9). The van der Waals surface area contributed by atoms with Crippen molar-refractivity contribution in [2.45, 2.75) is 19.3 Å². The van der Waals surface area contributed by atoms with E-state index in [0.717, 1.165) is 13.1 Å². The normalized spacial score (nSPS) is 22.0. The van der Waals surface area contributed by atoms with Crippen LogP contribution in [0.4, 0.5) is 0 Å². The van der Waals surface area contributed by atoms with E-state index in [1.54, 1.807) is 0 Å². The molecule has 1 aliphatic heterocycles. The van der Waals surface area contributed by atoms with Crippen LogP contribution in [0.3, 0.4) is 0 Å². The lowest BCUT2D eigenvalue weighted by Gasteiger charge is -2.25. The van der Waals surface area contributed by atoms with Gasteiger partial charge >= 0.3 is 0 Å². The average molecular weight is 157 g/mol. The molecule has 0 atom stereocenters. The van der Waals surface area contributed by atoms with E-state index in [1.807, 2.05) is 0 Å². The number of piperidine rings is 1. The highest BCUT2D eigenvalue weighted by Crippen LogP contribution is 2.07. The van der Waals surface area contributed by atoms with Crippen LogP contribution in [0.2, 0.25) is 0 Å². The minimum Gasteiger partial charge on any atom is -0.409 e. The van der Waals surface area contributed by atoms with Crippen molar-refractivity contribution in [1.29, 1.82) is 0 Å². The van der Waals surface area contributed by atoms with Crippen LogP contribution >= 0.6 is 0 Å². The number of rotatable bonds is 2. The molecule has 1 saturated heterocycles. The molecule has 0 bridgehead atoms. The van der Waals surface area contributed by atoms with Gasteiger partial charge in [-0.1, -0.05) is 11.6 Å². The third-order valence-corrected chi connectivity index (χ3v) is 1.96. The van der Waals surface area contributed by atoms with Gasteiger partial charge in [-0.05, 0) is 25.9 Å². The lowest BCUT2D eigenvalue weighted by molar-refractivity contribution is 0.251. The second-order valence-electron chi connectivity index (χ2n) is 2.93. The molecular weight excluding hydrogens is 142 g/mol. The van der Waals surface area contributed by atoms with Crippen molar-refractivity contribution in [1.82, 2.24) is 4.90 Å². The molecule has 0 aromatic rings. The average Bonchev–Trinajstić information content (AvgIpc) is 2.06. The smallest absolute Gasteiger partial charge is 0.153 e. The molecule has 0 aromatic carbocycles. The van der Waals surface area contributed by atoms with Gasteiger partial charge in [-0.25, -0.2) is 0 Å². The molecule has 0 unspecified atom stereocenters. The number of nitrogens with zero attached hydrogens (tertiary/aromatic N) is 2. The summed E-state index contributed by atoms with van der Waals surface area (Å²) in [5.74, 6) is 0.312. The van der Waals surface area contributed by atoms with Gasteiger partial charge in [-0.3, -0.25) is 4.90 Å². The molecule has 0 radical (unpaired) electrons. The maximum atomic E-state index is 8.30. The fraction of sp³-hybridized carbons (Fsp3) is 0.857. The van der Waals surface area contributed by atoms with Crippen molar-refractivity contribution in [2.75, 3.05) is 19.6 Å². The predicted molar refractivity (Wildman–Crippen MR) is 43.7 cm³/mol. The van der Waals surface area contributed by atoms with Crippen LogP contribution < -0.4 is 5.73 Å². The van der Waals surface area contributed by atoms with Crippen molar-refractivity contribution in [2.24, 2.45) is 10.9 Å². The van der Waals surface area contributed by atoms with Gasteiger partial charge in [0.1, 0.15) is 0 Å². The molecule has 1 fully saturated rings. The molecule has 4 nitrogen and oxygen atoms in total. The molecule has 0 aromatic heterocycles. The summed E-state index contributed by atoms with van der Waals surface area (Å²) in [5.41, 5.74) is 5.36. The Labute approximate surface area is 66.7 Å². The first kappa shape index (κ1) is 8.33. The Balaban J connectivity index is 2.24. The fourth-order valence-corrected chi connectivity index (χ4v) is 1.38. The van der Waals surface area contributed by atoms with Crippen LogP contribution in [0.15, 0.2) is 5.16 Å². The van der Waals surface area contributed by atoms with Crippen LogP contribution in [0.25, 0.3) is 0 Å². The summed E-state index contributed by atoms with van der Waals surface area (Å²) in [4.78, 5) is 2.21. The van der Waals surface area contributed by atoms with E-state index in [-0.39, 0.29) is 0 Å². The molecule has 11 heavy (non-hydrogen) atoms. The van der Waals surface area contributed by atoms with E-state index in [4.69, 9.17) is 10.9 Å². The van der Waals surface area contributed by atoms with E-state index >= 15 is 0 Å². The van der Waals surface area contributed by atoms with Gasteiger partial charge in [0, 0.05) is 0 Å². The molecule has 0 spiro atoms. The first-order chi connectivity index (χ1) is 5.33. The van der Waals surface area contributed by atoms with E-state index in [9.17, 15) is 0 Å². The number of likely N-dealkylation sites (tertiary alicyclic amines) is 1. The van der Waals surface area contributed by atoms with Gasteiger partial charge in [0.15, 0.2) is 5.84 Å². The van der Waals surface area contributed by atoms with E-state index in [1.165, 1.54) is 19.3 Å². The molecular formula is C7H15N3O. The first-order valence-corrected chi connectivity index (χ1v) is 4.01. The Morgan fingerprint density at radius 1 is 1.36 bits per heavy atom. The minimum absolute atomic E-state index is 0.312. The molecule has 1 rings (SSSR count). The Hall–Kier alpha value is -0.770. The summed E-state index contributed by atoms with van der Waals surface area (Å²) < 4.78 is 0. The maximum absolute atomic E-state index is 8.30. The quantitative estimate of drug-likeness (QED) is 0.261. The third-order valence-electron chi connectivity index (χ3n) is 1.96. The van der Waals surface area contributed by atoms with E-state index in [0.29, 0.717) is 12.4 Å². The summed E-state index contributed by atoms with van der Waals surface area (Å²) in [6.07, 6.45) is 3.78. The summed E-state index contributed by atoms with van der Waals surface area (Å²) in [5, 5.41) is 11.2. The first-order valence-electron chi connectivity index (χ1n) is 4.01. The molecule has 0 amide bonds. The van der Waals surface area contributed by atoms with Gasteiger partial charge in [-0.15, -0.1) is 0 Å². The van der Waals surface area contributed by atoms with Crippen LogP contribution in [0, 0.1) is 0 Å². The molecule has 4 heteroatoms. The Morgan fingerprint density at radius 2 is 2.00 bits per heavy atom. The van der Waals surface area contributed by atoms with Crippen molar-refractivity contribution in [3.8, 4) is 0 Å². The van der Waals surface area contributed by atoms with Gasteiger partial charge in [0.2, 0.25) is 0 Å². The van der Waals surface area contributed by atoms with Crippen molar-refractivity contribution >= 4 is 5.84 Å². The topological polar surface area (TPSA) is 61.8 Å². The summed E-state index contributed by atoms with van der Waals surface area (Å²) in [6.45, 7) is 2.77. The number of nitrogens with two attached hydrogens (primary N) is 1. The van der Waals surface area contributed by atoms with Gasteiger partial charge in [-0.2, -0.15) is 0 Å². The monoisotopic (exact) mass is 157 g/mol. The Morgan fingerprint density at radius 3 is 2.55 bits per heavy atom. The van der Waals surface area contributed by atoms with E-state index < -0.39 is 0 Å². The molecule has 1 aliphatic rings.